The number of carbonyl (C=O) groups excluding carboxylic acids is 2. The number of nitrogens with zero attached hydrogens (tertiary/aromatic N) is 1. The van der Waals surface area contributed by atoms with E-state index in [-0.39, 0.29) is 37.4 Å². The van der Waals surface area contributed by atoms with Crippen molar-refractivity contribution in [1.29, 1.82) is 0 Å². The maximum atomic E-state index is 12.6. The van der Waals surface area contributed by atoms with Gasteiger partial charge >= 0.3 is 6.18 Å². The summed E-state index contributed by atoms with van der Waals surface area (Å²) in [7, 11) is 0. The van der Waals surface area contributed by atoms with Crippen LogP contribution in [-0.4, -0.2) is 29.3 Å². The maximum absolute atomic E-state index is 12.6. The molecule has 0 bridgehead atoms. The summed E-state index contributed by atoms with van der Waals surface area (Å²) in [6, 6.07) is 5.03. The number of nitrogens with one attached hydrogen (secondary N) is 1. The number of rotatable bonds is 6. The van der Waals surface area contributed by atoms with Gasteiger partial charge in [0.2, 0.25) is 11.8 Å². The summed E-state index contributed by atoms with van der Waals surface area (Å²) >= 11 is 0. The summed E-state index contributed by atoms with van der Waals surface area (Å²) in [5.41, 5.74) is -0.549. The van der Waals surface area contributed by atoms with E-state index in [2.05, 4.69) is 5.32 Å². The molecule has 7 heteroatoms. The molecule has 1 N–H and O–H groups in total. The van der Waals surface area contributed by atoms with Crippen LogP contribution < -0.4 is 5.32 Å². The Labute approximate surface area is 151 Å². The first-order chi connectivity index (χ1) is 12.0. The van der Waals surface area contributed by atoms with E-state index < -0.39 is 17.2 Å². The number of alkyl halides is 3. The molecule has 144 valence electrons. The molecular formula is C19H25F3N2O2. The van der Waals surface area contributed by atoms with Gasteiger partial charge in [-0.25, -0.2) is 0 Å². The zero-order chi connectivity index (χ0) is 19.5. The number of halogens is 3. The molecule has 0 atom stereocenters. The third-order valence-electron chi connectivity index (χ3n) is 4.25. The summed E-state index contributed by atoms with van der Waals surface area (Å²) in [6.07, 6.45) is -2.38. The lowest BCUT2D eigenvalue weighted by atomic mass is 9.96. The van der Waals surface area contributed by atoms with Crippen molar-refractivity contribution in [1.82, 2.24) is 10.2 Å². The van der Waals surface area contributed by atoms with E-state index in [1.165, 1.54) is 12.1 Å². The quantitative estimate of drug-likeness (QED) is 0.829. The highest BCUT2D eigenvalue weighted by Gasteiger charge is 2.33. The smallest absolute Gasteiger partial charge is 0.355 e. The molecule has 4 nitrogen and oxygen atoms in total. The van der Waals surface area contributed by atoms with Crippen molar-refractivity contribution >= 4 is 11.8 Å². The van der Waals surface area contributed by atoms with Crippen molar-refractivity contribution in [3.8, 4) is 0 Å². The van der Waals surface area contributed by atoms with E-state index >= 15 is 0 Å². The van der Waals surface area contributed by atoms with Crippen LogP contribution in [0.25, 0.3) is 0 Å². The summed E-state index contributed by atoms with van der Waals surface area (Å²) < 4.78 is 37.9. The summed E-state index contributed by atoms with van der Waals surface area (Å²) in [5.74, 6) is -0.215. The van der Waals surface area contributed by atoms with Gasteiger partial charge in [-0.15, -0.1) is 0 Å². The van der Waals surface area contributed by atoms with Crippen LogP contribution in [0.5, 0.6) is 0 Å². The number of hydrogen-bond donors (Lipinski definition) is 1. The van der Waals surface area contributed by atoms with Gasteiger partial charge in [0.1, 0.15) is 0 Å². The van der Waals surface area contributed by atoms with Crippen LogP contribution in [0.1, 0.15) is 51.2 Å². The third-order valence-corrected chi connectivity index (χ3v) is 4.25. The Morgan fingerprint density at radius 2 is 1.69 bits per heavy atom. The first-order valence-corrected chi connectivity index (χ1v) is 8.72. The number of benzene rings is 1. The molecule has 0 unspecified atom stereocenters. The molecule has 1 aromatic carbocycles. The molecule has 1 aromatic rings. The summed E-state index contributed by atoms with van der Waals surface area (Å²) in [5, 5.41) is 2.74. The fraction of sp³-hybridized carbons (Fsp3) is 0.579. The Bertz CT molecular complexity index is 644. The highest BCUT2D eigenvalue weighted by molar-refractivity contribution is 5.82. The minimum atomic E-state index is -4.37. The topological polar surface area (TPSA) is 49.4 Å². The Hall–Kier alpha value is -2.05. The monoisotopic (exact) mass is 370 g/mol. The second-order valence-electron chi connectivity index (χ2n) is 7.70. The zero-order valence-corrected chi connectivity index (χ0v) is 15.3. The zero-order valence-electron chi connectivity index (χ0n) is 15.3. The third kappa shape index (κ3) is 5.75. The molecular weight excluding hydrogens is 345 g/mol. The Morgan fingerprint density at radius 1 is 1.12 bits per heavy atom. The van der Waals surface area contributed by atoms with Gasteiger partial charge in [0.05, 0.1) is 5.56 Å². The summed E-state index contributed by atoms with van der Waals surface area (Å²) in [4.78, 5) is 26.0. The van der Waals surface area contributed by atoms with Crippen molar-refractivity contribution in [2.24, 2.45) is 5.41 Å². The minimum Gasteiger partial charge on any atom is -0.355 e. The SMILES string of the molecule is CC(C)(C)C(=O)NCCC(=O)N(Cc1ccc(C(F)(F)F)cc1)C1CC1. The van der Waals surface area contributed by atoms with Gasteiger partial charge in [-0.2, -0.15) is 13.2 Å². The van der Waals surface area contributed by atoms with Crippen LogP contribution in [0.3, 0.4) is 0 Å². The molecule has 1 fully saturated rings. The number of amides is 2. The number of carbonyl (C=O) groups is 2. The molecule has 2 rings (SSSR count). The molecule has 1 aliphatic rings. The van der Waals surface area contributed by atoms with E-state index in [1.54, 1.807) is 25.7 Å². The Morgan fingerprint density at radius 3 is 2.15 bits per heavy atom. The fourth-order valence-electron chi connectivity index (χ4n) is 2.49. The van der Waals surface area contributed by atoms with Crippen LogP contribution in [-0.2, 0) is 22.3 Å². The van der Waals surface area contributed by atoms with E-state index in [1.807, 2.05) is 0 Å². The molecule has 0 aromatic heterocycles. The van der Waals surface area contributed by atoms with Gasteiger partial charge < -0.3 is 10.2 Å². The molecule has 1 aliphatic carbocycles. The molecule has 0 radical (unpaired) electrons. The van der Waals surface area contributed by atoms with Crippen LogP contribution in [0.15, 0.2) is 24.3 Å². The van der Waals surface area contributed by atoms with Gasteiger partial charge in [0.15, 0.2) is 0 Å². The standard InChI is InChI=1S/C19H25F3N2O2/c1-18(2,3)17(26)23-11-10-16(25)24(15-8-9-15)12-13-4-6-14(7-5-13)19(20,21)22/h4-7,15H,8-12H2,1-3H3,(H,23,26). The van der Waals surface area contributed by atoms with Crippen LogP contribution >= 0.6 is 0 Å². The van der Waals surface area contributed by atoms with E-state index in [9.17, 15) is 22.8 Å². The second-order valence-corrected chi connectivity index (χ2v) is 7.70. The molecule has 0 heterocycles. The van der Waals surface area contributed by atoms with E-state index in [0.29, 0.717) is 5.56 Å². The van der Waals surface area contributed by atoms with Crippen molar-refractivity contribution in [2.45, 2.75) is 58.8 Å². The van der Waals surface area contributed by atoms with Crippen molar-refractivity contribution in [3.63, 3.8) is 0 Å². The average Bonchev–Trinajstić information content (AvgIpc) is 3.35. The van der Waals surface area contributed by atoms with E-state index in [4.69, 9.17) is 0 Å². The Kier molecular flexibility index (Phi) is 5.98. The highest BCUT2D eigenvalue weighted by atomic mass is 19.4. The molecule has 0 saturated heterocycles. The largest absolute Gasteiger partial charge is 0.416 e. The minimum absolute atomic E-state index is 0.0957. The van der Waals surface area contributed by atoms with Crippen molar-refractivity contribution < 1.29 is 22.8 Å². The van der Waals surface area contributed by atoms with Crippen molar-refractivity contribution in [2.75, 3.05) is 6.54 Å². The maximum Gasteiger partial charge on any atom is 0.416 e. The molecule has 26 heavy (non-hydrogen) atoms. The van der Waals surface area contributed by atoms with Crippen LogP contribution in [0.4, 0.5) is 13.2 Å². The highest BCUT2D eigenvalue weighted by Crippen LogP contribution is 2.31. The lowest BCUT2D eigenvalue weighted by Crippen LogP contribution is -2.39. The predicted molar refractivity (Wildman–Crippen MR) is 92.1 cm³/mol. The second kappa shape index (κ2) is 7.68. The molecule has 0 spiro atoms. The van der Waals surface area contributed by atoms with Gasteiger partial charge in [0, 0.05) is 31.0 Å². The molecule has 1 saturated carbocycles. The predicted octanol–water partition coefficient (Wildman–Crippen LogP) is 3.75. The average molecular weight is 370 g/mol. The Balaban J connectivity index is 1.92. The summed E-state index contributed by atoms with van der Waals surface area (Å²) in [6.45, 7) is 5.93. The first-order valence-electron chi connectivity index (χ1n) is 8.72. The van der Waals surface area contributed by atoms with E-state index in [0.717, 1.165) is 25.0 Å². The van der Waals surface area contributed by atoms with Gasteiger partial charge in [0.25, 0.3) is 0 Å². The lowest BCUT2D eigenvalue weighted by Gasteiger charge is -2.24. The number of hydrogen-bond acceptors (Lipinski definition) is 2. The lowest BCUT2D eigenvalue weighted by molar-refractivity contribution is -0.138. The molecule has 2 amide bonds. The van der Waals surface area contributed by atoms with Crippen LogP contribution in [0.2, 0.25) is 0 Å². The fourth-order valence-corrected chi connectivity index (χ4v) is 2.49. The van der Waals surface area contributed by atoms with Crippen molar-refractivity contribution in [3.05, 3.63) is 35.4 Å². The first kappa shape index (κ1) is 20.3. The van der Waals surface area contributed by atoms with Gasteiger partial charge in [-0.3, -0.25) is 9.59 Å². The molecule has 0 aliphatic heterocycles. The van der Waals surface area contributed by atoms with Gasteiger partial charge in [-0.05, 0) is 30.5 Å². The van der Waals surface area contributed by atoms with Crippen LogP contribution in [0, 0.1) is 5.41 Å². The van der Waals surface area contributed by atoms with Gasteiger partial charge in [-0.1, -0.05) is 32.9 Å². The normalized spacial score (nSPS) is 14.8.